The van der Waals surface area contributed by atoms with Crippen LogP contribution >= 0.6 is 11.3 Å². The Bertz CT molecular complexity index is 950. The number of nitrogens with zero attached hydrogens (tertiary/aromatic N) is 2. The minimum absolute atomic E-state index is 0.0172. The van der Waals surface area contributed by atoms with E-state index >= 15 is 0 Å². The van der Waals surface area contributed by atoms with Crippen molar-refractivity contribution >= 4 is 27.1 Å². The van der Waals surface area contributed by atoms with Crippen LogP contribution in [0.2, 0.25) is 0 Å². The average molecular weight is 420 g/mol. The Balaban J connectivity index is 1.53. The van der Waals surface area contributed by atoms with E-state index < -0.39 is 9.84 Å². The summed E-state index contributed by atoms with van der Waals surface area (Å²) in [5, 5.41) is 3.82. The maximum Gasteiger partial charge on any atom is 0.263 e. The van der Waals surface area contributed by atoms with Crippen LogP contribution in [0.25, 0.3) is 10.6 Å². The molecule has 2 aliphatic heterocycles. The largest absolute Gasteiger partial charge is 0.346 e. The first-order valence-electron chi connectivity index (χ1n) is 9.71. The maximum absolute atomic E-state index is 13.0. The number of nitrogens with one attached hydrogen (secondary N) is 1. The molecular formula is C20H25N3O3S2. The quantitative estimate of drug-likeness (QED) is 0.824. The monoisotopic (exact) mass is 419 g/mol. The molecule has 1 amide bonds. The molecule has 2 atom stereocenters. The van der Waals surface area contributed by atoms with Gasteiger partial charge in [-0.05, 0) is 32.9 Å². The highest BCUT2D eigenvalue weighted by atomic mass is 32.2. The fraction of sp³-hybridized carbons (Fsp3) is 0.500. The normalized spacial score (nSPS) is 24.9. The zero-order chi connectivity index (χ0) is 19.7. The third-order valence-electron chi connectivity index (χ3n) is 5.52. The summed E-state index contributed by atoms with van der Waals surface area (Å²) in [5.41, 5.74) is 1.65. The number of thiazole rings is 1. The molecule has 8 heteroatoms. The second kappa shape index (κ2) is 7.93. The molecule has 4 rings (SSSR count). The zero-order valence-corrected chi connectivity index (χ0v) is 17.6. The molecule has 2 aliphatic rings. The smallest absolute Gasteiger partial charge is 0.263 e. The van der Waals surface area contributed by atoms with Gasteiger partial charge in [0.1, 0.15) is 9.88 Å². The Labute approximate surface area is 169 Å². The Morgan fingerprint density at radius 3 is 2.57 bits per heavy atom. The molecule has 2 aromatic rings. The van der Waals surface area contributed by atoms with Crippen LogP contribution in [0.1, 0.15) is 34.6 Å². The van der Waals surface area contributed by atoms with Crippen molar-refractivity contribution in [3.63, 3.8) is 0 Å². The second-order valence-corrected chi connectivity index (χ2v) is 10.8. The number of carbonyl (C=O) groups excluding carboxylic acids is 1. The first-order chi connectivity index (χ1) is 13.4. The highest BCUT2D eigenvalue weighted by molar-refractivity contribution is 7.91. The molecule has 2 saturated heterocycles. The summed E-state index contributed by atoms with van der Waals surface area (Å²) in [6, 6.07) is 9.27. The van der Waals surface area contributed by atoms with E-state index in [4.69, 9.17) is 0 Å². The standard InChI is InChI=1S/C20H25N3O3S2/c1-14-18(27-20(21-14)15-8-4-2-5-9-15)19(24)22-16-12-28(25,26)13-17(16)23-10-6-3-7-11-23/h2,4-5,8-9,16-17H,3,6-7,10-13H2,1H3,(H,22,24). The highest BCUT2D eigenvalue weighted by Gasteiger charge is 2.42. The van der Waals surface area contributed by atoms with Gasteiger partial charge in [0.2, 0.25) is 0 Å². The summed E-state index contributed by atoms with van der Waals surface area (Å²) in [7, 11) is -3.14. The van der Waals surface area contributed by atoms with E-state index in [0.717, 1.165) is 36.5 Å². The van der Waals surface area contributed by atoms with Crippen LogP contribution in [-0.4, -0.2) is 60.9 Å². The fourth-order valence-corrected chi connectivity index (χ4v) is 7.05. The molecule has 0 spiro atoms. The lowest BCUT2D eigenvalue weighted by Crippen LogP contribution is -2.52. The summed E-state index contributed by atoms with van der Waals surface area (Å²) in [6.45, 7) is 3.64. The first-order valence-corrected chi connectivity index (χ1v) is 12.3. The molecule has 28 heavy (non-hydrogen) atoms. The summed E-state index contributed by atoms with van der Waals surface area (Å²) >= 11 is 1.35. The van der Waals surface area contributed by atoms with Gasteiger partial charge in [0.25, 0.3) is 5.91 Å². The highest BCUT2D eigenvalue weighted by Crippen LogP contribution is 2.28. The van der Waals surface area contributed by atoms with Gasteiger partial charge >= 0.3 is 0 Å². The second-order valence-electron chi connectivity index (χ2n) is 7.62. The number of amides is 1. The lowest BCUT2D eigenvalue weighted by Gasteiger charge is -2.34. The van der Waals surface area contributed by atoms with Crippen LogP contribution in [0.3, 0.4) is 0 Å². The van der Waals surface area contributed by atoms with Gasteiger partial charge in [-0.15, -0.1) is 11.3 Å². The van der Waals surface area contributed by atoms with E-state index in [0.29, 0.717) is 10.6 Å². The van der Waals surface area contributed by atoms with Crippen LogP contribution in [0.4, 0.5) is 0 Å². The first kappa shape index (κ1) is 19.5. The topological polar surface area (TPSA) is 79.4 Å². The molecule has 150 valence electrons. The molecule has 1 aromatic heterocycles. The van der Waals surface area contributed by atoms with Crippen molar-refractivity contribution in [2.24, 2.45) is 0 Å². The third-order valence-corrected chi connectivity index (χ3v) is 8.44. The van der Waals surface area contributed by atoms with Crippen molar-refractivity contribution in [1.29, 1.82) is 0 Å². The number of hydrogen-bond donors (Lipinski definition) is 1. The molecule has 0 saturated carbocycles. The zero-order valence-electron chi connectivity index (χ0n) is 15.9. The summed E-state index contributed by atoms with van der Waals surface area (Å²) < 4.78 is 24.6. The number of benzene rings is 1. The molecule has 0 radical (unpaired) electrons. The van der Waals surface area contributed by atoms with Crippen molar-refractivity contribution in [1.82, 2.24) is 15.2 Å². The van der Waals surface area contributed by atoms with Gasteiger partial charge < -0.3 is 5.32 Å². The molecule has 3 heterocycles. The van der Waals surface area contributed by atoms with Gasteiger partial charge in [0.15, 0.2) is 9.84 Å². The summed E-state index contributed by atoms with van der Waals surface area (Å²) in [5.74, 6) is -0.0700. The van der Waals surface area contributed by atoms with Crippen LogP contribution < -0.4 is 5.32 Å². The van der Waals surface area contributed by atoms with Crippen molar-refractivity contribution in [3.05, 3.63) is 40.9 Å². The number of sulfone groups is 1. The minimum atomic E-state index is -3.14. The number of likely N-dealkylation sites (tertiary alicyclic amines) is 1. The van der Waals surface area contributed by atoms with Gasteiger partial charge in [0.05, 0.1) is 23.2 Å². The average Bonchev–Trinajstić information content (AvgIpc) is 3.22. The van der Waals surface area contributed by atoms with Crippen molar-refractivity contribution in [2.45, 2.75) is 38.3 Å². The molecule has 2 fully saturated rings. The predicted molar refractivity (Wildman–Crippen MR) is 111 cm³/mol. The summed E-state index contributed by atoms with van der Waals surface area (Å²) in [4.78, 5) is 20.3. The number of piperidine rings is 1. The summed E-state index contributed by atoms with van der Waals surface area (Å²) in [6.07, 6.45) is 3.37. The Morgan fingerprint density at radius 2 is 1.86 bits per heavy atom. The van der Waals surface area contributed by atoms with Gasteiger partial charge in [-0.25, -0.2) is 13.4 Å². The minimum Gasteiger partial charge on any atom is -0.346 e. The number of carbonyl (C=O) groups is 1. The Hall–Kier alpha value is -1.77. The van der Waals surface area contributed by atoms with E-state index in [1.165, 1.54) is 17.8 Å². The SMILES string of the molecule is Cc1nc(-c2ccccc2)sc1C(=O)NC1CS(=O)(=O)CC1N1CCCCC1. The van der Waals surface area contributed by atoms with Crippen LogP contribution in [0.5, 0.6) is 0 Å². The third kappa shape index (κ3) is 4.14. The molecule has 6 nitrogen and oxygen atoms in total. The molecule has 0 aliphatic carbocycles. The molecule has 1 aromatic carbocycles. The van der Waals surface area contributed by atoms with Crippen molar-refractivity contribution in [3.8, 4) is 10.6 Å². The van der Waals surface area contributed by atoms with Crippen molar-refractivity contribution in [2.75, 3.05) is 24.6 Å². The van der Waals surface area contributed by atoms with Gasteiger partial charge in [0, 0.05) is 11.6 Å². The van der Waals surface area contributed by atoms with E-state index in [-0.39, 0.29) is 29.5 Å². The lowest BCUT2D eigenvalue weighted by atomic mass is 10.0. The van der Waals surface area contributed by atoms with E-state index in [9.17, 15) is 13.2 Å². The maximum atomic E-state index is 13.0. The molecular weight excluding hydrogens is 394 g/mol. The molecule has 2 unspecified atom stereocenters. The van der Waals surface area contributed by atoms with Crippen LogP contribution in [-0.2, 0) is 9.84 Å². The number of rotatable bonds is 4. The molecule has 0 bridgehead atoms. The fourth-order valence-electron chi connectivity index (χ4n) is 4.12. The lowest BCUT2D eigenvalue weighted by molar-refractivity contribution is 0.0903. The number of aryl methyl sites for hydroxylation is 1. The predicted octanol–water partition coefficient (Wildman–Crippen LogP) is 2.50. The molecule has 1 N–H and O–H groups in total. The van der Waals surface area contributed by atoms with E-state index in [1.807, 2.05) is 37.3 Å². The van der Waals surface area contributed by atoms with E-state index in [2.05, 4.69) is 15.2 Å². The Morgan fingerprint density at radius 1 is 1.14 bits per heavy atom. The Kier molecular flexibility index (Phi) is 5.53. The van der Waals surface area contributed by atoms with Gasteiger partial charge in [-0.1, -0.05) is 36.8 Å². The number of hydrogen-bond acceptors (Lipinski definition) is 6. The number of aromatic nitrogens is 1. The van der Waals surface area contributed by atoms with E-state index in [1.54, 1.807) is 0 Å². The van der Waals surface area contributed by atoms with Crippen molar-refractivity contribution < 1.29 is 13.2 Å². The van der Waals surface area contributed by atoms with Gasteiger partial charge in [-0.2, -0.15) is 0 Å². The van der Waals surface area contributed by atoms with Gasteiger partial charge in [-0.3, -0.25) is 9.69 Å². The van der Waals surface area contributed by atoms with Crippen LogP contribution in [0, 0.1) is 6.92 Å². The van der Waals surface area contributed by atoms with Crippen LogP contribution in [0.15, 0.2) is 30.3 Å².